The minimum atomic E-state index is -4.22. The van der Waals surface area contributed by atoms with Crippen molar-refractivity contribution in [2.45, 2.75) is 42.9 Å². The lowest BCUT2D eigenvalue weighted by Crippen LogP contribution is -2.26. The van der Waals surface area contributed by atoms with Gasteiger partial charge < -0.3 is 21.5 Å². The van der Waals surface area contributed by atoms with Crippen LogP contribution in [0.5, 0.6) is 11.5 Å². The van der Waals surface area contributed by atoms with E-state index in [0.717, 1.165) is 37.6 Å². The largest absolute Gasteiger partial charge is 0.507 e. The number of nitrogens with zero attached hydrogens (tertiary/aromatic N) is 1. The summed E-state index contributed by atoms with van der Waals surface area (Å²) in [4.78, 5) is 20.8. The minimum absolute atomic E-state index is 0. The number of hydrogen-bond acceptors (Lipinski definition) is 10. The Morgan fingerprint density at radius 2 is 1.73 bits per heavy atom. The van der Waals surface area contributed by atoms with Gasteiger partial charge in [-0.15, -0.1) is 11.6 Å². The quantitative estimate of drug-likeness (QED) is 0.0548. The van der Waals surface area contributed by atoms with Gasteiger partial charge in [0, 0.05) is 42.3 Å². The lowest BCUT2D eigenvalue weighted by molar-refractivity contribution is -0.211. The van der Waals surface area contributed by atoms with Gasteiger partial charge in [-0.05, 0) is 48.7 Å². The first-order valence-electron chi connectivity index (χ1n) is 12.9. The van der Waals surface area contributed by atoms with Gasteiger partial charge in [0.2, 0.25) is 10.0 Å². The van der Waals surface area contributed by atoms with Crippen LogP contribution in [0.15, 0.2) is 75.6 Å². The van der Waals surface area contributed by atoms with Crippen LogP contribution in [0.1, 0.15) is 37.8 Å². The van der Waals surface area contributed by atoms with Crippen LogP contribution in [0.4, 0.5) is 0 Å². The fourth-order valence-corrected chi connectivity index (χ4v) is 5.95. The van der Waals surface area contributed by atoms with Crippen molar-refractivity contribution in [1.29, 1.82) is 0 Å². The molecule has 3 aromatic rings. The SMILES string of the molecule is CC(=O)OOc1cc(-c2ccccc2S(C)(=O)=O)ccc1CCNS(=O)(=O)c1cc(C(N)=NO)ccc1O.CCCCCl.O. The Bertz CT molecular complexity index is 1660. The Morgan fingerprint density at radius 3 is 2.30 bits per heavy atom. The maximum absolute atomic E-state index is 12.8. The summed E-state index contributed by atoms with van der Waals surface area (Å²) in [6.07, 6.45) is 3.51. The molecule has 242 valence electrons. The van der Waals surface area contributed by atoms with Gasteiger partial charge in [-0.25, -0.2) is 26.4 Å². The molecule has 44 heavy (non-hydrogen) atoms. The van der Waals surface area contributed by atoms with E-state index in [4.69, 9.17) is 27.4 Å². The third-order valence-electron chi connectivity index (χ3n) is 5.74. The van der Waals surface area contributed by atoms with Crippen molar-refractivity contribution >= 4 is 43.3 Å². The van der Waals surface area contributed by atoms with Crippen LogP contribution in [0.25, 0.3) is 11.1 Å². The maximum Gasteiger partial charge on any atom is 0.352 e. The fraction of sp³-hybridized carbons (Fsp3) is 0.286. The van der Waals surface area contributed by atoms with Crippen molar-refractivity contribution in [3.05, 3.63) is 71.8 Å². The predicted octanol–water partition coefficient (Wildman–Crippen LogP) is 3.14. The zero-order valence-electron chi connectivity index (χ0n) is 24.3. The zero-order valence-corrected chi connectivity index (χ0v) is 26.7. The van der Waals surface area contributed by atoms with Gasteiger partial charge in [0.15, 0.2) is 21.4 Å². The van der Waals surface area contributed by atoms with Crippen LogP contribution in [0.2, 0.25) is 0 Å². The molecule has 16 heteroatoms. The summed E-state index contributed by atoms with van der Waals surface area (Å²) < 4.78 is 52.4. The Kier molecular flexibility index (Phi) is 15.1. The second kappa shape index (κ2) is 17.4. The van der Waals surface area contributed by atoms with E-state index in [1.165, 1.54) is 24.6 Å². The summed E-state index contributed by atoms with van der Waals surface area (Å²) in [5, 5.41) is 21.7. The normalized spacial score (nSPS) is 11.5. The molecule has 0 aliphatic rings. The van der Waals surface area contributed by atoms with Crippen LogP contribution in [-0.4, -0.2) is 63.1 Å². The number of carbonyl (C=O) groups is 1. The third-order valence-corrected chi connectivity index (χ3v) is 8.65. The predicted molar refractivity (Wildman–Crippen MR) is 166 cm³/mol. The Morgan fingerprint density at radius 1 is 1.05 bits per heavy atom. The number of nitrogens with one attached hydrogen (secondary N) is 1. The van der Waals surface area contributed by atoms with Gasteiger partial charge in [-0.2, -0.15) is 0 Å². The first kappa shape index (κ1) is 38.1. The van der Waals surface area contributed by atoms with E-state index < -0.39 is 36.5 Å². The van der Waals surface area contributed by atoms with Gasteiger partial charge in [-0.1, -0.05) is 48.8 Å². The highest BCUT2D eigenvalue weighted by molar-refractivity contribution is 7.91. The first-order valence-corrected chi connectivity index (χ1v) is 16.8. The average Bonchev–Trinajstić information content (AvgIpc) is 2.96. The number of sulfone groups is 1. The highest BCUT2D eigenvalue weighted by Crippen LogP contribution is 2.32. The number of phenolic OH excluding ortho intramolecular Hbond substituents is 1. The van der Waals surface area contributed by atoms with E-state index >= 15 is 0 Å². The molecule has 0 amide bonds. The molecule has 0 aliphatic carbocycles. The number of carbonyl (C=O) groups excluding carboxylic acids is 1. The van der Waals surface area contributed by atoms with Crippen LogP contribution in [-0.2, 0) is 36.0 Å². The van der Waals surface area contributed by atoms with E-state index in [0.29, 0.717) is 16.7 Å². The molecule has 0 radical (unpaired) electrons. The van der Waals surface area contributed by atoms with E-state index in [1.807, 2.05) is 0 Å². The van der Waals surface area contributed by atoms with Crippen molar-refractivity contribution in [2.75, 3.05) is 18.7 Å². The fourth-order valence-electron chi connectivity index (χ4n) is 3.62. The number of phenols is 1. The molecule has 13 nitrogen and oxygen atoms in total. The van der Waals surface area contributed by atoms with Crippen molar-refractivity contribution in [3.63, 3.8) is 0 Å². The number of oxime groups is 1. The molecule has 0 spiro atoms. The summed E-state index contributed by atoms with van der Waals surface area (Å²) in [6.45, 7) is 3.10. The first-order chi connectivity index (χ1) is 20.2. The van der Waals surface area contributed by atoms with Crippen LogP contribution in [0, 0.1) is 0 Å². The highest BCUT2D eigenvalue weighted by Gasteiger charge is 2.21. The molecule has 0 fully saturated rings. The van der Waals surface area contributed by atoms with E-state index in [1.54, 1.807) is 30.3 Å². The summed E-state index contributed by atoms with van der Waals surface area (Å²) >= 11 is 5.30. The van der Waals surface area contributed by atoms with E-state index in [-0.39, 0.29) is 40.5 Å². The van der Waals surface area contributed by atoms with Gasteiger partial charge in [-0.3, -0.25) is 9.78 Å². The van der Waals surface area contributed by atoms with Gasteiger partial charge in [0.1, 0.15) is 10.6 Å². The molecule has 0 unspecified atom stereocenters. The summed E-state index contributed by atoms with van der Waals surface area (Å²) in [5.41, 5.74) is 6.88. The van der Waals surface area contributed by atoms with Crippen molar-refractivity contribution in [3.8, 4) is 22.6 Å². The third kappa shape index (κ3) is 11.0. The number of hydrogen-bond donors (Lipinski definition) is 4. The molecular weight excluding hydrogens is 638 g/mol. The number of unbranched alkanes of at least 4 members (excludes halogenated alkanes) is 1. The van der Waals surface area contributed by atoms with Crippen molar-refractivity contribution in [1.82, 2.24) is 4.72 Å². The Labute approximate surface area is 261 Å². The second-order valence-electron chi connectivity index (χ2n) is 9.11. The van der Waals surface area contributed by atoms with Crippen LogP contribution < -0.4 is 15.3 Å². The Hall–Kier alpha value is -3.89. The number of benzene rings is 3. The standard InChI is InChI=1S/C24H25N3O9S2.C4H9Cl.H2O/c1-15(28)35-36-21-13-17(19-5-3-4-6-22(19)37(2,31)32)8-7-16(21)11-12-26-38(33,34)23-14-18(24(25)27-30)9-10-20(23)29;1-2-3-4-5;/h3-10,13-14,26,29-30H,11-12H2,1-2H3,(H2,25,27);2-4H2,1H3;1H2. The molecule has 0 atom stereocenters. The lowest BCUT2D eigenvalue weighted by atomic mass is 10.0. The van der Waals surface area contributed by atoms with Crippen LogP contribution >= 0.6 is 11.6 Å². The summed E-state index contributed by atoms with van der Waals surface area (Å²) in [7, 11) is -7.78. The topological polar surface area (TPSA) is 226 Å². The second-order valence-corrected chi connectivity index (χ2v) is 13.2. The monoisotopic (exact) mass is 673 g/mol. The average molecular weight is 674 g/mol. The van der Waals surface area contributed by atoms with Crippen molar-refractivity contribution in [2.24, 2.45) is 10.9 Å². The van der Waals surface area contributed by atoms with Gasteiger partial charge in [0.25, 0.3) is 0 Å². The van der Waals surface area contributed by atoms with E-state index in [9.17, 15) is 26.7 Å². The highest BCUT2D eigenvalue weighted by atomic mass is 35.5. The molecule has 0 heterocycles. The number of alkyl halides is 1. The number of sulfonamides is 1. The molecule has 7 N–H and O–H groups in total. The van der Waals surface area contributed by atoms with Gasteiger partial charge in [0.05, 0.1) is 4.90 Å². The minimum Gasteiger partial charge on any atom is -0.507 e. The smallest absolute Gasteiger partial charge is 0.352 e. The van der Waals surface area contributed by atoms with Crippen LogP contribution in [0.3, 0.4) is 0 Å². The molecule has 0 aliphatic heterocycles. The molecule has 3 aromatic carbocycles. The van der Waals surface area contributed by atoms with Crippen molar-refractivity contribution < 1.29 is 47.2 Å². The molecule has 0 saturated heterocycles. The number of nitrogens with two attached hydrogens (primary N) is 1. The number of halogens is 1. The number of rotatable bonds is 12. The number of amidine groups is 1. The zero-order chi connectivity index (χ0) is 32.2. The van der Waals surface area contributed by atoms with Gasteiger partial charge >= 0.3 is 5.97 Å². The van der Waals surface area contributed by atoms with E-state index in [2.05, 4.69) is 21.7 Å². The molecule has 0 saturated carbocycles. The summed E-state index contributed by atoms with van der Waals surface area (Å²) in [5.74, 6) is -0.737. The molecule has 3 rings (SSSR count). The molecule has 0 aromatic heterocycles. The maximum atomic E-state index is 12.8. The Balaban J connectivity index is 0.00000149. The summed E-state index contributed by atoms with van der Waals surface area (Å²) in [6, 6.07) is 14.5. The lowest BCUT2D eigenvalue weighted by Gasteiger charge is -2.14. The molecular formula is C28H36ClN3O10S2. The number of aromatic hydroxyl groups is 1. The molecule has 0 bridgehead atoms.